The van der Waals surface area contributed by atoms with Crippen LogP contribution in [-0.4, -0.2) is 25.5 Å². The zero-order valence-corrected chi connectivity index (χ0v) is 29.9. The van der Waals surface area contributed by atoms with Crippen molar-refractivity contribution in [2.24, 2.45) is 11.3 Å². The largest absolute Gasteiger partial charge is 0.309 e. The standard InChI is InChI=1S/C42H77N/c1-5-7-9-11-13-15-17-19-21-23-25-27-29-31-33-35-37-42(39-41(42)40-43(3)4)38-36-34-32-30-28-26-24-22-20-18-16-14-12-10-8-6-2/h13-16,19-22,41H,5-12,17-18,23-40H2,1-4H3/b15-13-,16-14-,21-19-,22-20-. The van der Waals surface area contributed by atoms with Crippen LogP contribution in [0.5, 0.6) is 0 Å². The van der Waals surface area contributed by atoms with Crippen molar-refractivity contribution in [2.45, 2.75) is 187 Å². The van der Waals surface area contributed by atoms with Crippen molar-refractivity contribution in [1.82, 2.24) is 4.90 Å². The van der Waals surface area contributed by atoms with Gasteiger partial charge in [-0.3, -0.25) is 0 Å². The molecule has 1 aliphatic rings. The second-order valence-corrected chi connectivity index (χ2v) is 14.2. The molecule has 1 unspecified atom stereocenters. The Bertz CT molecular complexity index is 648. The number of rotatable bonds is 32. The lowest BCUT2D eigenvalue weighted by molar-refractivity contribution is 0.301. The summed E-state index contributed by atoms with van der Waals surface area (Å²) in [5, 5.41) is 0. The number of allylic oxidation sites excluding steroid dienone is 8. The second-order valence-electron chi connectivity index (χ2n) is 14.2. The Hall–Kier alpha value is -1.08. The maximum atomic E-state index is 2.43. The number of unbranched alkanes of at least 4 members (excludes halogenated alkanes) is 18. The van der Waals surface area contributed by atoms with E-state index in [0.29, 0.717) is 5.41 Å². The van der Waals surface area contributed by atoms with Gasteiger partial charge in [0.15, 0.2) is 0 Å². The fraction of sp³-hybridized carbons (Fsp3) is 0.810. The van der Waals surface area contributed by atoms with Crippen LogP contribution < -0.4 is 0 Å². The molecule has 1 atom stereocenters. The highest BCUT2D eigenvalue weighted by molar-refractivity contribution is 5.02. The zero-order chi connectivity index (χ0) is 31.1. The summed E-state index contributed by atoms with van der Waals surface area (Å²) >= 11 is 0. The molecule has 1 nitrogen and oxygen atoms in total. The minimum absolute atomic E-state index is 0.703. The lowest BCUT2D eigenvalue weighted by Gasteiger charge is -2.19. The Morgan fingerprint density at radius 1 is 0.465 bits per heavy atom. The molecule has 0 N–H and O–H groups in total. The maximum absolute atomic E-state index is 2.43. The summed E-state index contributed by atoms with van der Waals surface area (Å²) in [4.78, 5) is 2.43. The molecule has 0 amide bonds. The van der Waals surface area contributed by atoms with Crippen LogP contribution in [0.1, 0.15) is 187 Å². The third kappa shape index (κ3) is 24.9. The summed E-state index contributed by atoms with van der Waals surface area (Å²) in [5.41, 5.74) is 0.703. The molecule has 0 aromatic rings. The molecule has 0 radical (unpaired) electrons. The summed E-state index contributed by atoms with van der Waals surface area (Å²) in [5.74, 6) is 0.971. The minimum atomic E-state index is 0.703. The molecule has 0 aromatic heterocycles. The van der Waals surface area contributed by atoms with Gasteiger partial charge in [-0.25, -0.2) is 0 Å². The van der Waals surface area contributed by atoms with Gasteiger partial charge in [-0.15, -0.1) is 0 Å². The highest BCUT2D eigenvalue weighted by atomic mass is 15.1. The molecule has 0 aromatic carbocycles. The lowest BCUT2D eigenvalue weighted by atomic mass is 9.89. The first kappa shape index (κ1) is 39.9. The molecule has 250 valence electrons. The van der Waals surface area contributed by atoms with Crippen molar-refractivity contribution < 1.29 is 0 Å². The highest BCUT2D eigenvalue weighted by Crippen LogP contribution is 2.59. The molecule has 1 heteroatoms. The molecule has 43 heavy (non-hydrogen) atoms. The van der Waals surface area contributed by atoms with Gasteiger partial charge in [0.25, 0.3) is 0 Å². The van der Waals surface area contributed by atoms with E-state index in [0.717, 1.165) is 18.8 Å². The molecule has 0 saturated heterocycles. The monoisotopic (exact) mass is 596 g/mol. The van der Waals surface area contributed by atoms with Gasteiger partial charge >= 0.3 is 0 Å². The third-order valence-corrected chi connectivity index (χ3v) is 9.69. The van der Waals surface area contributed by atoms with Gasteiger partial charge < -0.3 is 4.90 Å². The van der Waals surface area contributed by atoms with Gasteiger partial charge in [0.1, 0.15) is 0 Å². The van der Waals surface area contributed by atoms with Crippen LogP contribution in [0, 0.1) is 11.3 Å². The first-order chi connectivity index (χ1) is 21.1. The Kier molecular flexibility index (Phi) is 27.5. The highest BCUT2D eigenvalue weighted by Gasteiger charge is 2.51. The predicted molar refractivity (Wildman–Crippen MR) is 197 cm³/mol. The van der Waals surface area contributed by atoms with Crippen LogP contribution in [0.3, 0.4) is 0 Å². The Morgan fingerprint density at radius 3 is 1.19 bits per heavy atom. The van der Waals surface area contributed by atoms with E-state index < -0.39 is 0 Å². The molecule has 0 heterocycles. The first-order valence-electron chi connectivity index (χ1n) is 19.4. The summed E-state index contributed by atoms with van der Waals surface area (Å²) in [6.07, 6.45) is 56.1. The van der Waals surface area contributed by atoms with Crippen molar-refractivity contribution in [2.75, 3.05) is 20.6 Å². The SMILES string of the molecule is CCCCC/C=C\C/C=C\CCCCCCCCC1(CCCCCCCC/C=C\C/C=C\CCCCC)CC1CN(C)C. The molecule has 1 rings (SSSR count). The van der Waals surface area contributed by atoms with E-state index >= 15 is 0 Å². The summed E-state index contributed by atoms with van der Waals surface area (Å²) in [6.45, 7) is 5.86. The topological polar surface area (TPSA) is 3.24 Å². The summed E-state index contributed by atoms with van der Waals surface area (Å²) in [6, 6.07) is 0. The van der Waals surface area contributed by atoms with E-state index in [-0.39, 0.29) is 0 Å². The van der Waals surface area contributed by atoms with E-state index in [2.05, 4.69) is 81.5 Å². The van der Waals surface area contributed by atoms with Gasteiger partial charge in [0.05, 0.1) is 0 Å². The maximum Gasteiger partial charge on any atom is 0.000908 e. The minimum Gasteiger partial charge on any atom is -0.309 e. The van der Waals surface area contributed by atoms with Crippen molar-refractivity contribution in [3.05, 3.63) is 48.6 Å². The smallest absolute Gasteiger partial charge is 0.000908 e. The van der Waals surface area contributed by atoms with Gasteiger partial charge in [-0.1, -0.05) is 152 Å². The van der Waals surface area contributed by atoms with Crippen LogP contribution in [0.15, 0.2) is 48.6 Å². The van der Waals surface area contributed by atoms with Crippen LogP contribution in [0.2, 0.25) is 0 Å². The fourth-order valence-corrected chi connectivity index (χ4v) is 6.80. The van der Waals surface area contributed by atoms with Crippen LogP contribution in [-0.2, 0) is 0 Å². The van der Waals surface area contributed by atoms with Gasteiger partial charge in [-0.2, -0.15) is 0 Å². The van der Waals surface area contributed by atoms with Crippen molar-refractivity contribution in [3.8, 4) is 0 Å². The van der Waals surface area contributed by atoms with E-state index in [9.17, 15) is 0 Å². The normalized spacial score (nSPS) is 16.7. The average molecular weight is 596 g/mol. The fourth-order valence-electron chi connectivity index (χ4n) is 6.80. The molecular weight excluding hydrogens is 518 g/mol. The van der Waals surface area contributed by atoms with Crippen LogP contribution in [0.25, 0.3) is 0 Å². The number of nitrogens with zero attached hydrogens (tertiary/aromatic N) is 1. The van der Waals surface area contributed by atoms with Crippen LogP contribution in [0.4, 0.5) is 0 Å². The molecular formula is C42H77N. The quantitative estimate of drug-likeness (QED) is 0.0552. The van der Waals surface area contributed by atoms with Crippen LogP contribution >= 0.6 is 0 Å². The Morgan fingerprint density at radius 2 is 0.814 bits per heavy atom. The molecule has 1 aliphatic carbocycles. The number of hydrogen-bond acceptors (Lipinski definition) is 1. The molecule has 1 fully saturated rings. The van der Waals surface area contributed by atoms with Gasteiger partial charge in [-0.05, 0) is 109 Å². The summed E-state index contributed by atoms with van der Waals surface area (Å²) in [7, 11) is 4.54. The first-order valence-corrected chi connectivity index (χ1v) is 19.4. The molecule has 0 bridgehead atoms. The zero-order valence-electron chi connectivity index (χ0n) is 29.9. The predicted octanol–water partition coefficient (Wildman–Crippen LogP) is 14.0. The molecule has 0 aliphatic heterocycles. The summed E-state index contributed by atoms with van der Waals surface area (Å²) < 4.78 is 0. The average Bonchev–Trinajstić information content (AvgIpc) is 3.67. The van der Waals surface area contributed by atoms with E-state index in [1.807, 2.05) is 0 Å². The molecule has 1 saturated carbocycles. The van der Waals surface area contributed by atoms with E-state index in [1.165, 1.54) is 167 Å². The molecule has 0 spiro atoms. The lowest BCUT2D eigenvalue weighted by Crippen LogP contribution is -2.18. The number of hydrogen-bond donors (Lipinski definition) is 0. The van der Waals surface area contributed by atoms with Gasteiger partial charge in [0.2, 0.25) is 0 Å². The Balaban J connectivity index is 2.03. The second kappa shape index (κ2) is 29.6. The van der Waals surface area contributed by atoms with E-state index in [1.54, 1.807) is 0 Å². The Labute approximate surface area is 272 Å². The van der Waals surface area contributed by atoms with Crippen molar-refractivity contribution in [1.29, 1.82) is 0 Å². The van der Waals surface area contributed by atoms with Gasteiger partial charge in [0, 0.05) is 6.54 Å². The van der Waals surface area contributed by atoms with E-state index in [4.69, 9.17) is 0 Å². The van der Waals surface area contributed by atoms with Crippen molar-refractivity contribution in [3.63, 3.8) is 0 Å². The van der Waals surface area contributed by atoms with Crippen molar-refractivity contribution >= 4 is 0 Å². The third-order valence-electron chi connectivity index (χ3n) is 9.69.